The van der Waals surface area contributed by atoms with E-state index in [9.17, 15) is 0 Å². The van der Waals surface area contributed by atoms with E-state index in [1.807, 2.05) is 30.3 Å². The van der Waals surface area contributed by atoms with Crippen molar-refractivity contribution < 1.29 is 9.84 Å². The van der Waals surface area contributed by atoms with Gasteiger partial charge in [-0.1, -0.05) is 24.6 Å². The van der Waals surface area contributed by atoms with Gasteiger partial charge >= 0.3 is 0 Å². The van der Waals surface area contributed by atoms with Crippen molar-refractivity contribution in [2.24, 2.45) is 0 Å². The molecule has 1 N–H and O–H groups in total. The maximum atomic E-state index is 9.08. The fraction of sp³-hybridized carbons (Fsp3) is 0.600. The number of hydrogen-bond donors (Lipinski definition) is 1. The molecule has 1 aliphatic heterocycles. The Morgan fingerprint density at radius 3 is 2.83 bits per heavy atom. The minimum atomic E-state index is 0.292. The van der Waals surface area contributed by atoms with Gasteiger partial charge in [-0.05, 0) is 37.9 Å². The third-order valence-corrected chi connectivity index (χ3v) is 3.60. The highest BCUT2D eigenvalue weighted by atomic mass is 16.5. The van der Waals surface area contributed by atoms with Crippen LogP contribution in [0, 0.1) is 0 Å². The topological polar surface area (TPSA) is 32.7 Å². The first-order chi connectivity index (χ1) is 8.90. The monoisotopic (exact) mass is 249 g/mol. The summed E-state index contributed by atoms with van der Waals surface area (Å²) >= 11 is 0. The maximum absolute atomic E-state index is 9.08. The van der Waals surface area contributed by atoms with Crippen LogP contribution in [0.1, 0.15) is 25.7 Å². The second-order valence-electron chi connectivity index (χ2n) is 4.86. The lowest BCUT2D eigenvalue weighted by atomic mass is 10.00. The number of nitrogens with zero attached hydrogens (tertiary/aromatic N) is 1. The van der Waals surface area contributed by atoms with Crippen LogP contribution in [0.4, 0.5) is 0 Å². The van der Waals surface area contributed by atoms with Crippen LogP contribution in [0.25, 0.3) is 0 Å². The largest absolute Gasteiger partial charge is 0.492 e. The molecule has 1 unspecified atom stereocenters. The van der Waals surface area contributed by atoms with Crippen molar-refractivity contribution in [1.29, 1.82) is 0 Å². The Hall–Kier alpha value is -1.06. The van der Waals surface area contributed by atoms with Crippen molar-refractivity contribution in [2.75, 3.05) is 26.3 Å². The standard InChI is InChI=1S/C15H23NO2/c17-12-9-14-6-4-5-10-16(14)11-13-18-15-7-2-1-3-8-15/h1-3,7-8,14,17H,4-6,9-13H2. The van der Waals surface area contributed by atoms with Crippen LogP contribution in [0.15, 0.2) is 30.3 Å². The molecular formula is C15H23NO2. The molecular weight excluding hydrogens is 226 g/mol. The lowest BCUT2D eigenvalue weighted by Gasteiger charge is -2.35. The number of ether oxygens (including phenoxy) is 1. The third kappa shape index (κ3) is 4.00. The molecule has 3 nitrogen and oxygen atoms in total. The highest BCUT2D eigenvalue weighted by Crippen LogP contribution is 2.19. The van der Waals surface area contributed by atoms with E-state index in [4.69, 9.17) is 9.84 Å². The minimum Gasteiger partial charge on any atom is -0.492 e. The molecule has 1 aromatic carbocycles. The fourth-order valence-corrected chi connectivity index (χ4v) is 2.63. The smallest absolute Gasteiger partial charge is 0.119 e. The summed E-state index contributed by atoms with van der Waals surface area (Å²) in [6, 6.07) is 10.5. The van der Waals surface area contributed by atoms with Crippen LogP contribution in [-0.2, 0) is 0 Å². The Balaban J connectivity index is 1.74. The van der Waals surface area contributed by atoms with Gasteiger partial charge in [-0.3, -0.25) is 4.90 Å². The molecule has 0 aromatic heterocycles. The molecule has 0 amide bonds. The molecule has 1 atom stereocenters. The summed E-state index contributed by atoms with van der Waals surface area (Å²) in [6.45, 7) is 3.12. The minimum absolute atomic E-state index is 0.292. The molecule has 18 heavy (non-hydrogen) atoms. The van der Waals surface area contributed by atoms with Gasteiger partial charge in [0, 0.05) is 19.2 Å². The molecule has 1 aromatic rings. The van der Waals surface area contributed by atoms with Gasteiger partial charge in [0.15, 0.2) is 0 Å². The Morgan fingerprint density at radius 2 is 2.06 bits per heavy atom. The maximum Gasteiger partial charge on any atom is 0.119 e. The first kappa shape index (κ1) is 13.4. The molecule has 1 heterocycles. The number of benzene rings is 1. The van der Waals surface area contributed by atoms with Gasteiger partial charge in [0.1, 0.15) is 12.4 Å². The van der Waals surface area contributed by atoms with Crippen LogP contribution in [0.3, 0.4) is 0 Å². The van der Waals surface area contributed by atoms with Gasteiger partial charge in [-0.15, -0.1) is 0 Å². The van der Waals surface area contributed by atoms with E-state index >= 15 is 0 Å². The quantitative estimate of drug-likeness (QED) is 0.839. The van der Waals surface area contributed by atoms with Gasteiger partial charge in [0.05, 0.1) is 0 Å². The molecule has 1 aliphatic rings. The van der Waals surface area contributed by atoms with Crippen LogP contribution in [-0.4, -0.2) is 42.4 Å². The van der Waals surface area contributed by atoms with E-state index in [0.29, 0.717) is 12.6 Å². The number of aliphatic hydroxyl groups is 1. The lowest BCUT2D eigenvalue weighted by molar-refractivity contribution is 0.102. The van der Waals surface area contributed by atoms with Crippen LogP contribution in [0.5, 0.6) is 5.75 Å². The Bertz CT molecular complexity index is 327. The zero-order valence-corrected chi connectivity index (χ0v) is 10.9. The molecule has 0 aliphatic carbocycles. The van der Waals surface area contributed by atoms with Crippen molar-refractivity contribution >= 4 is 0 Å². The van der Waals surface area contributed by atoms with E-state index in [0.717, 1.165) is 31.9 Å². The van der Waals surface area contributed by atoms with Crippen LogP contribution in [0.2, 0.25) is 0 Å². The van der Waals surface area contributed by atoms with Crippen molar-refractivity contribution in [3.63, 3.8) is 0 Å². The SMILES string of the molecule is OCCC1CCCCN1CCOc1ccccc1. The second kappa shape index (κ2) is 7.39. The van der Waals surface area contributed by atoms with Gasteiger partial charge in [-0.2, -0.15) is 0 Å². The summed E-state index contributed by atoms with van der Waals surface area (Å²) in [5, 5.41) is 9.08. The molecule has 100 valence electrons. The van der Waals surface area contributed by atoms with Gasteiger partial charge in [-0.25, -0.2) is 0 Å². The zero-order chi connectivity index (χ0) is 12.6. The van der Waals surface area contributed by atoms with E-state index in [-0.39, 0.29) is 0 Å². The van der Waals surface area contributed by atoms with Gasteiger partial charge in [0.2, 0.25) is 0 Å². The predicted molar refractivity (Wildman–Crippen MR) is 72.9 cm³/mol. The first-order valence-corrected chi connectivity index (χ1v) is 6.93. The van der Waals surface area contributed by atoms with E-state index in [1.54, 1.807) is 0 Å². The van der Waals surface area contributed by atoms with E-state index in [1.165, 1.54) is 19.3 Å². The third-order valence-electron chi connectivity index (χ3n) is 3.60. The number of rotatable bonds is 6. The molecule has 1 fully saturated rings. The molecule has 0 spiro atoms. The van der Waals surface area contributed by atoms with Gasteiger partial charge < -0.3 is 9.84 Å². The summed E-state index contributed by atoms with van der Waals surface area (Å²) in [5.74, 6) is 0.938. The molecule has 0 saturated carbocycles. The molecule has 0 bridgehead atoms. The zero-order valence-electron chi connectivity index (χ0n) is 10.9. The number of likely N-dealkylation sites (tertiary alicyclic amines) is 1. The Morgan fingerprint density at radius 1 is 1.22 bits per heavy atom. The van der Waals surface area contributed by atoms with Crippen molar-refractivity contribution in [2.45, 2.75) is 31.7 Å². The molecule has 1 saturated heterocycles. The second-order valence-corrected chi connectivity index (χ2v) is 4.86. The first-order valence-electron chi connectivity index (χ1n) is 6.93. The van der Waals surface area contributed by atoms with Crippen molar-refractivity contribution in [1.82, 2.24) is 4.90 Å². The molecule has 0 radical (unpaired) electrons. The van der Waals surface area contributed by atoms with Gasteiger partial charge in [0.25, 0.3) is 0 Å². The van der Waals surface area contributed by atoms with Crippen molar-refractivity contribution in [3.8, 4) is 5.75 Å². The van der Waals surface area contributed by atoms with E-state index < -0.39 is 0 Å². The predicted octanol–water partition coefficient (Wildman–Crippen LogP) is 2.30. The normalized spacial score (nSPS) is 20.8. The Kier molecular flexibility index (Phi) is 5.49. The highest BCUT2D eigenvalue weighted by Gasteiger charge is 2.21. The average molecular weight is 249 g/mol. The number of hydrogen-bond acceptors (Lipinski definition) is 3. The fourth-order valence-electron chi connectivity index (χ4n) is 2.63. The number of aliphatic hydroxyl groups excluding tert-OH is 1. The van der Waals surface area contributed by atoms with E-state index in [2.05, 4.69) is 4.90 Å². The highest BCUT2D eigenvalue weighted by molar-refractivity contribution is 5.20. The number of piperidine rings is 1. The summed E-state index contributed by atoms with van der Waals surface area (Å²) < 4.78 is 5.73. The summed E-state index contributed by atoms with van der Waals surface area (Å²) in [7, 11) is 0. The Labute approximate surface area is 109 Å². The average Bonchev–Trinajstić information content (AvgIpc) is 2.42. The van der Waals surface area contributed by atoms with Crippen LogP contribution >= 0.6 is 0 Å². The summed E-state index contributed by atoms with van der Waals surface area (Å²) in [6.07, 6.45) is 4.67. The van der Waals surface area contributed by atoms with Crippen molar-refractivity contribution in [3.05, 3.63) is 30.3 Å². The lowest BCUT2D eigenvalue weighted by Crippen LogP contribution is -2.42. The molecule has 3 heteroatoms. The van der Waals surface area contributed by atoms with Crippen LogP contribution < -0.4 is 4.74 Å². The molecule has 2 rings (SSSR count). The summed E-state index contributed by atoms with van der Waals surface area (Å²) in [5.41, 5.74) is 0. The summed E-state index contributed by atoms with van der Waals surface area (Å²) in [4.78, 5) is 2.46. The number of para-hydroxylation sites is 1.